The molecule has 3 N–H and O–H groups in total. The van der Waals surface area contributed by atoms with Gasteiger partial charge in [0.1, 0.15) is 5.82 Å². The Morgan fingerprint density at radius 1 is 1.14 bits per heavy atom. The molecular weight excluding hydrogens is 417 g/mol. The Hall–Kier alpha value is -2.59. The van der Waals surface area contributed by atoms with Crippen LogP contribution in [0.15, 0.2) is 42.5 Å². The van der Waals surface area contributed by atoms with Crippen LogP contribution in [-0.2, 0) is 20.6 Å². The van der Waals surface area contributed by atoms with Crippen molar-refractivity contribution in [3.05, 3.63) is 59.4 Å². The van der Waals surface area contributed by atoms with Gasteiger partial charge in [0.15, 0.2) is 0 Å². The number of amides is 2. The first-order valence-corrected chi connectivity index (χ1v) is 11.7. The van der Waals surface area contributed by atoms with E-state index in [1.54, 1.807) is 18.2 Å². The summed E-state index contributed by atoms with van der Waals surface area (Å²) >= 11 is 1.46. The van der Waals surface area contributed by atoms with Gasteiger partial charge in [0.25, 0.3) is 5.91 Å². The summed E-state index contributed by atoms with van der Waals surface area (Å²) < 4.78 is 39.0. The van der Waals surface area contributed by atoms with Crippen LogP contribution < -0.4 is 15.4 Å². The van der Waals surface area contributed by atoms with Gasteiger partial charge in [0.2, 0.25) is 15.9 Å². The molecule has 0 aliphatic rings. The normalized spacial score (nSPS) is 11.0. The minimum atomic E-state index is -3.59. The quantitative estimate of drug-likeness (QED) is 0.521. The number of thioether (sulfide) groups is 1. The van der Waals surface area contributed by atoms with E-state index in [1.807, 2.05) is 0 Å². The summed E-state index contributed by atoms with van der Waals surface area (Å²) in [7, 11) is -3.59. The number of carbonyl (C=O) groups is 2. The maximum absolute atomic E-state index is 13.6. The minimum Gasteiger partial charge on any atom is -0.351 e. The van der Waals surface area contributed by atoms with Gasteiger partial charge in [-0.25, -0.2) is 12.8 Å². The molecule has 0 fully saturated rings. The lowest BCUT2D eigenvalue weighted by Gasteiger charge is -2.13. The lowest BCUT2D eigenvalue weighted by molar-refractivity contribution is -0.114. The van der Waals surface area contributed by atoms with Crippen molar-refractivity contribution in [1.82, 2.24) is 5.32 Å². The van der Waals surface area contributed by atoms with E-state index >= 15 is 0 Å². The van der Waals surface area contributed by atoms with Gasteiger partial charge in [-0.15, -0.1) is 0 Å². The topological polar surface area (TPSA) is 104 Å². The second-order valence-corrected chi connectivity index (χ2v) is 9.07. The number of sulfonamides is 1. The monoisotopic (exact) mass is 439 g/mol. The van der Waals surface area contributed by atoms with Crippen molar-refractivity contribution in [1.29, 1.82) is 0 Å². The largest absolute Gasteiger partial charge is 0.351 e. The average Bonchev–Trinajstić information content (AvgIpc) is 2.62. The highest BCUT2D eigenvalue weighted by atomic mass is 32.2. The summed E-state index contributed by atoms with van der Waals surface area (Å²) in [5.74, 6) is -0.0586. The van der Waals surface area contributed by atoms with Crippen LogP contribution in [0.2, 0.25) is 0 Å². The van der Waals surface area contributed by atoms with Crippen LogP contribution in [-0.4, -0.2) is 38.8 Å². The molecule has 0 aliphatic carbocycles. The summed E-state index contributed by atoms with van der Waals surface area (Å²) in [5.41, 5.74) is 1.15. The number of benzene rings is 2. The molecule has 2 aromatic rings. The molecule has 0 radical (unpaired) electrons. The highest BCUT2D eigenvalue weighted by Crippen LogP contribution is 2.22. The van der Waals surface area contributed by atoms with E-state index in [1.165, 1.54) is 43.0 Å². The second kappa shape index (κ2) is 10.3. The summed E-state index contributed by atoms with van der Waals surface area (Å²) in [6.07, 6.45) is 0.982. The van der Waals surface area contributed by atoms with Gasteiger partial charge < -0.3 is 10.6 Å². The molecule has 0 heterocycles. The Bertz CT molecular complexity index is 997. The SMILES string of the molecule is CC(=O)Nc1ccc(NS(C)(=O)=O)c(C(=O)NCCSCc2ccccc2F)c1. The highest BCUT2D eigenvalue weighted by Gasteiger charge is 2.15. The zero-order chi connectivity index (χ0) is 21.4. The van der Waals surface area contributed by atoms with Crippen LogP contribution in [0, 0.1) is 5.82 Å². The molecule has 0 saturated heterocycles. The van der Waals surface area contributed by atoms with Crippen molar-refractivity contribution >= 4 is 45.0 Å². The van der Waals surface area contributed by atoms with E-state index in [2.05, 4.69) is 15.4 Å². The maximum Gasteiger partial charge on any atom is 0.253 e. The molecule has 2 rings (SSSR count). The van der Waals surface area contributed by atoms with E-state index < -0.39 is 15.9 Å². The van der Waals surface area contributed by atoms with Crippen LogP contribution in [0.25, 0.3) is 0 Å². The number of carbonyl (C=O) groups excluding carboxylic acids is 2. The van der Waals surface area contributed by atoms with Gasteiger partial charge in [-0.3, -0.25) is 14.3 Å². The third kappa shape index (κ3) is 7.74. The van der Waals surface area contributed by atoms with Gasteiger partial charge in [-0.05, 0) is 29.8 Å². The van der Waals surface area contributed by atoms with Gasteiger partial charge in [0.05, 0.1) is 17.5 Å². The lowest BCUT2D eigenvalue weighted by Crippen LogP contribution is -2.27. The number of hydrogen-bond acceptors (Lipinski definition) is 5. The van der Waals surface area contributed by atoms with Crippen LogP contribution >= 0.6 is 11.8 Å². The molecule has 29 heavy (non-hydrogen) atoms. The Kier molecular flexibility index (Phi) is 8.03. The zero-order valence-electron chi connectivity index (χ0n) is 16.0. The molecule has 0 saturated carbocycles. The smallest absolute Gasteiger partial charge is 0.253 e. The van der Waals surface area contributed by atoms with Crippen molar-refractivity contribution in [3.63, 3.8) is 0 Å². The first kappa shape index (κ1) is 22.7. The summed E-state index contributed by atoms with van der Waals surface area (Å²) in [6.45, 7) is 1.63. The molecule has 2 amide bonds. The van der Waals surface area contributed by atoms with Crippen LogP contribution in [0.3, 0.4) is 0 Å². The fourth-order valence-electron chi connectivity index (χ4n) is 2.43. The Morgan fingerprint density at radius 2 is 1.86 bits per heavy atom. The van der Waals surface area contributed by atoms with E-state index in [-0.39, 0.29) is 23.0 Å². The Balaban J connectivity index is 1.99. The van der Waals surface area contributed by atoms with Gasteiger partial charge >= 0.3 is 0 Å². The second-order valence-electron chi connectivity index (χ2n) is 6.22. The lowest BCUT2D eigenvalue weighted by atomic mass is 10.1. The molecule has 0 bridgehead atoms. The minimum absolute atomic E-state index is 0.0841. The number of rotatable bonds is 9. The highest BCUT2D eigenvalue weighted by molar-refractivity contribution is 7.98. The van der Waals surface area contributed by atoms with E-state index in [0.29, 0.717) is 29.3 Å². The standard InChI is InChI=1S/C19H22FN3O4S2/c1-13(24)22-15-7-8-18(23-29(2,26)27)16(11-15)19(25)21-9-10-28-12-14-5-3-4-6-17(14)20/h3-8,11,23H,9-10,12H2,1-2H3,(H,21,25)(H,22,24). The maximum atomic E-state index is 13.6. The predicted octanol–water partition coefficient (Wildman–Crippen LogP) is 2.82. The van der Waals surface area contributed by atoms with Crippen LogP contribution in [0.4, 0.5) is 15.8 Å². The van der Waals surface area contributed by atoms with E-state index in [9.17, 15) is 22.4 Å². The molecule has 0 aromatic heterocycles. The molecular formula is C19H22FN3O4S2. The zero-order valence-corrected chi connectivity index (χ0v) is 17.6. The summed E-state index contributed by atoms with van der Waals surface area (Å²) in [6, 6.07) is 10.8. The fourth-order valence-corrected chi connectivity index (χ4v) is 3.85. The third-order valence-electron chi connectivity index (χ3n) is 3.63. The van der Waals surface area contributed by atoms with E-state index in [4.69, 9.17) is 0 Å². The van der Waals surface area contributed by atoms with Crippen LogP contribution in [0.1, 0.15) is 22.8 Å². The molecule has 0 unspecified atom stereocenters. The van der Waals surface area contributed by atoms with Crippen molar-refractivity contribution in [2.45, 2.75) is 12.7 Å². The molecule has 10 heteroatoms. The van der Waals surface area contributed by atoms with Gasteiger partial charge in [-0.2, -0.15) is 11.8 Å². The van der Waals surface area contributed by atoms with E-state index in [0.717, 1.165) is 6.26 Å². The third-order valence-corrected chi connectivity index (χ3v) is 5.23. The molecule has 7 nitrogen and oxygen atoms in total. The van der Waals surface area contributed by atoms with Gasteiger partial charge in [-0.1, -0.05) is 18.2 Å². The number of anilines is 2. The van der Waals surface area contributed by atoms with Crippen LogP contribution in [0.5, 0.6) is 0 Å². The molecule has 0 spiro atoms. The molecule has 0 atom stereocenters. The Labute approximate surface area is 173 Å². The number of nitrogens with one attached hydrogen (secondary N) is 3. The summed E-state index contributed by atoms with van der Waals surface area (Å²) in [4.78, 5) is 23.8. The fraction of sp³-hybridized carbons (Fsp3) is 0.263. The number of halogens is 1. The molecule has 2 aromatic carbocycles. The summed E-state index contributed by atoms with van der Waals surface area (Å²) in [5, 5.41) is 5.26. The average molecular weight is 440 g/mol. The van der Waals surface area contributed by atoms with Crippen molar-refractivity contribution < 1.29 is 22.4 Å². The van der Waals surface area contributed by atoms with Crippen molar-refractivity contribution in [2.24, 2.45) is 0 Å². The van der Waals surface area contributed by atoms with Crippen molar-refractivity contribution in [2.75, 3.05) is 28.6 Å². The van der Waals surface area contributed by atoms with Gasteiger partial charge in [0, 0.05) is 30.7 Å². The Morgan fingerprint density at radius 3 is 2.52 bits per heavy atom. The first-order valence-electron chi connectivity index (χ1n) is 8.64. The molecule has 0 aliphatic heterocycles. The molecule has 156 valence electrons. The van der Waals surface area contributed by atoms with Crippen molar-refractivity contribution in [3.8, 4) is 0 Å². The first-order chi connectivity index (χ1) is 13.7. The number of hydrogen-bond donors (Lipinski definition) is 3. The predicted molar refractivity (Wildman–Crippen MR) is 114 cm³/mol.